The summed E-state index contributed by atoms with van der Waals surface area (Å²) in [7, 11) is -3.69. The van der Waals surface area contributed by atoms with Crippen LogP contribution in [0.2, 0.25) is 0 Å². The number of aryl methyl sites for hydroxylation is 1. The van der Waals surface area contributed by atoms with E-state index in [-0.39, 0.29) is 23.0 Å². The molecule has 29 heavy (non-hydrogen) atoms. The van der Waals surface area contributed by atoms with E-state index in [1.807, 2.05) is 0 Å². The van der Waals surface area contributed by atoms with Crippen molar-refractivity contribution < 1.29 is 17.6 Å². The molecule has 1 atom stereocenters. The number of amides is 2. The van der Waals surface area contributed by atoms with Gasteiger partial charge in [-0.05, 0) is 62.8 Å². The molecule has 1 saturated carbocycles. The summed E-state index contributed by atoms with van der Waals surface area (Å²) >= 11 is 0. The van der Waals surface area contributed by atoms with Crippen molar-refractivity contribution in [3.05, 3.63) is 29.6 Å². The minimum Gasteiger partial charge on any atom is -0.338 e. The molecule has 0 aromatic heterocycles. The van der Waals surface area contributed by atoms with E-state index in [2.05, 4.69) is 10.6 Å². The lowest BCUT2D eigenvalue weighted by molar-refractivity contribution is 0.224. The lowest BCUT2D eigenvalue weighted by Crippen LogP contribution is -2.47. The van der Waals surface area contributed by atoms with Crippen LogP contribution in [-0.4, -0.2) is 43.9 Å². The van der Waals surface area contributed by atoms with Crippen molar-refractivity contribution >= 4 is 16.1 Å². The highest BCUT2D eigenvalue weighted by molar-refractivity contribution is 7.89. The Balaban J connectivity index is 1.57. The van der Waals surface area contributed by atoms with Crippen molar-refractivity contribution in [3.8, 4) is 0 Å². The predicted octanol–water partition coefficient (Wildman–Crippen LogP) is 3.70. The van der Waals surface area contributed by atoms with Crippen LogP contribution in [-0.2, 0) is 10.0 Å². The number of halogens is 1. The van der Waals surface area contributed by atoms with Gasteiger partial charge in [0.15, 0.2) is 0 Å². The number of hydrogen-bond donors (Lipinski definition) is 2. The lowest BCUT2D eigenvalue weighted by atomic mass is 9.96. The van der Waals surface area contributed by atoms with Gasteiger partial charge in [-0.15, -0.1) is 0 Å². The zero-order valence-corrected chi connectivity index (χ0v) is 17.9. The Morgan fingerprint density at radius 1 is 1.14 bits per heavy atom. The van der Waals surface area contributed by atoms with Gasteiger partial charge in [-0.2, -0.15) is 4.31 Å². The number of carbonyl (C=O) groups is 1. The molecule has 2 fully saturated rings. The number of carbonyl (C=O) groups excluding carboxylic acids is 1. The summed E-state index contributed by atoms with van der Waals surface area (Å²) in [6.45, 7) is 2.45. The minimum atomic E-state index is -3.69. The van der Waals surface area contributed by atoms with Crippen LogP contribution in [0.25, 0.3) is 0 Å². The number of sulfonamides is 1. The summed E-state index contributed by atoms with van der Waals surface area (Å²) in [6, 6.07) is 3.85. The molecule has 2 aliphatic rings. The van der Waals surface area contributed by atoms with Crippen LogP contribution in [0.4, 0.5) is 9.18 Å². The molecule has 2 N–H and O–H groups in total. The molecule has 1 heterocycles. The van der Waals surface area contributed by atoms with E-state index in [4.69, 9.17) is 0 Å². The van der Waals surface area contributed by atoms with Gasteiger partial charge in [-0.1, -0.05) is 25.7 Å². The van der Waals surface area contributed by atoms with Crippen LogP contribution in [0.3, 0.4) is 0 Å². The first-order chi connectivity index (χ1) is 13.9. The van der Waals surface area contributed by atoms with Crippen molar-refractivity contribution in [2.45, 2.75) is 81.7 Å². The number of nitrogens with zero attached hydrogens (tertiary/aromatic N) is 1. The third kappa shape index (κ3) is 5.69. The highest BCUT2D eigenvalue weighted by Crippen LogP contribution is 2.27. The third-order valence-corrected chi connectivity index (χ3v) is 7.96. The molecule has 2 amide bonds. The fourth-order valence-corrected chi connectivity index (χ4v) is 6.14. The normalized spacial score (nSPS) is 21.7. The molecule has 1 aliphatic carbocycles. The first-order valence-electron chi connectivity index (χ1n) is 10.7. The quantitative estimate of drug-likeness (QED) is 0.729. The Morgan fingerprint density at radius 2 is 1.86 bits per heavy atom. The fraction of sp³-hybridized carbons (Fsp3) is 0.667. The number of hydrogen-bond acceptors (Lipinski definition) is 3. The van der Waals surface area contributed by atoms with Crippen molar-refractivity contribution in [1.29, 1.82) is 0 Å². The molecule has 0 radical (unpaired) electrons. The highest BCUT2D eigenvalue weighted by Gasteiger charge is 2.33. The van der Waals surface area contributed by atoms with Crippen molar-refractivity contribution in [2.75, 3.05) is 13.1 Å². The van der Waals surface area contributed by atoms with Gasteiger partial charge < -0.3 is 10.6 Å². The first-order valence-corrected chi connectivity index (χ1v) is 12.1. The maximum atomic E-state index is 13.6. The van der Waals surface area contributed by atoms with E-state index in [1.54, 1.807) is 6.92 Å². The average Bonchev–Trinajstić information content (AvgIpc) is 2.71. The minimum absolute atomic E-state index is 0.131. The number of urea groups is 1. The Kier molecular flexibility index (Phi) is 7.51. The highest BCUT2D eigenvalue weighted by atomic mass is 32.2. The zero-order valence-electron chi connectivity index (χ0n) is 17.1. The molecule has 1 aliphatic heterocycles. The molecule has 0 spiro atoms. The van der Waals surface area contributed by atoms with Crippen LogP contribution in [0.5, 0.6) is 0 Å². The molecule has 0 unspecified atom stereocenters. The molecule has 8 heteroatoms. The summed E-state index contributed by atoms with van der Waals surface area (Å²) < 4.78 is 41.3. The molecular formula is C21H32FN3O3S. The van der Waals surface area contributed by atoms with E-state index in [9.17, 15) is 17.6 Å². The summed E-state index contributed by atoms with van der Waals surface area (Å²) in [5.41, 5.74) is 0.320. The smallest absolute Gasteiger partial charge is 0.315 e. The van der Waals surface area contributed by atoms with E-state index in [1.165, 1.54) is 28.9 Å². The molecule has 3 rings (SSSR count). The number of benzene rings is 1. The number of rotatable bonds is 6. The van der Waals surface area contributed by atoms with E-state index in [0.717, 1.165) is 44.9 Å². The Labute approximate surface area is 173 Å². The van der Waals surface area contributed by atoms with Gasteiger partial charge in [-0.25, -0.2) is 17.6 Å². The average molecular weight is 426 g/mol. The van der Waals surface area contributed by atoms with Gasteiger partial charge in [-0.3, -0.25) is 0 Å². The Morgan fingerprint density at radius 3 is 2.59 bits per heavy atom. The van der Waals surface area contributed by atoms with Crippen molar-refractivity contribution in [3.63, 3.8) is 0 Å². The monoisotopic (exact) mass is 425 g/mol. The second-order valence-corrected chi connectivity index (χ2v) is 10.1. The third-order valence-electron chi connectivity index (χ3n) is 6.01. The Hall–Kier alpha value is -1.67. The SMILES string of the molecule is Cc1cc(S(=O)(=O)N2CCCC[C@H]2CCNC(=O)NC2CCCCC2)ccc1F. The molecule has 6 nitrogen and oxygen atoms in total. The molecule has 1 aromatic rings. The second kappa shape index (κ2) is 9.89. The molecular weight excluding hydrogens is 393 g/mol. The molecule has 0 bridgehead atoms. The van der Waals surface area contributed by atoms with Gasteiger partial charge in [0.2, 0.25) is 10.0 Å². The molecule has 1 aromatic carbocycles. The predicted molar refractivity (Wildman–Crippen MR) is 111 cm³/mol. The molecule has 162 valence electrons. The van der Waals surface area contributed by atoms with E-state index >= 15 is 0 Å². The van der Waals surface area contributed by atoms with Gasteiger partial charge in [0.05, 0.1) is 4.90 Å². The number of nitrogens with one attached hydrogen (secondary N) is 2. The summed E-state index contributed by atoms with van der Waals surface area (Å²) in [4.78, 5) is 12.3. The van der Waals surface area contributed by atoms with Gasteiger partial charge in [0.1, 0.15) is 5.82 Å². The topological polar surface area (TPSA) is 78.5 Å². The van der Waals surface area contributed by atoms with Gasteiger partial charge in [0.25, 0.3) is 0 Å². The van der Waals surface area contributed by atoms with Crippen LogP contribution >= 0.6 is 0 Å². The molecule has 1 saturated heterocycles. The van der Waals surface area contributed by atoms with Crippen LogP contribution in [0.1, 0.15) is 63.4 Å². The van der Waals surface area contributed by atoms with Crippen LogP contribution < -0.4 is 10.6 Å². The van der Waals surface area contributed by atoms with Crippen molar-refractivity contribution in [1.82, 2.24) is 14.9 Å². The lowest BCUT2D eigenvalue weighted by Gasteiger charge is -2.35. The summed E-state index contributed by atoms with van der Waals surface area (Å²) in [5.74, 6) is -0.410. The van der Waals surface area contributed by atoms with Crippen LogP contribution in [0.15, 0.2) is 23.1 Å². The zero-order chi connectivity index (χ0) is 20.9. The van der Waals surface area contributed by atoms with Gasteiger partial charge >= 0.3 is 6.03 Å². The maximum absolute atomic E-state index is 13.6. The van der Waals surface area contributed by atoms with Crippen LogP contribution in [0, 0.1) is 12.7 Å². The second-order valence-electron chi connectivity index (χ2n) is 8.20. The van der Waals surface area contributed by atoms with Crippen molar-refractivity contribution in [2.24, 2.45) is 0 Å². The largest absolute Gasteiger partial charge is 0.338 e. The summed E-state index contributed by atoms with van der Waals surface area (Å²) in [6.07, 6.45) is 8.71. The first kappa shape index (κ1) is 22.0. The standard InChI is InChI=1S/C21H32FN3O3S/c1-16-15-19(10-11-20(16)22)29(27,28)25-14-6-5-9-18(25)12-13-23-21(26)24-17-7-3-2-4-8-17/h10-11,15,17-18H,2-9,12-14H2,1H3,(H2,23,24,26)/t18-/m0/s1. The Bertz CT molecular complexity index is 809. The van der Waals surface area contributed by atoms with Gasteiger partial charge in [0, 0.05) is 25.2 Å². The van der Waals surface area contributed by atoms with E-state index in [0.29, 0.717) is 25.1 Å². The summed E-state index contributed by atoms with van der Waals surface area (Å²) in [5, 5.41) is 5.90. The van der Waals surface area contributed by atoms with E-state index < -0.39 is 15.8 Å². The maximum Gasteiger partial charge on any atom is 0.315 e. The fourth-order valence-electron chi connectivity index (χ4n) is 4.33. The number of piperidine rings is 1.